The van der Waals surface area contributed by atoms with Gasteiger partial charge in [0.15, 0.2) is 0 Å². The minimum absolute atomic E-state index is 0.0676. The van der Waals surface area contributed by atoms with Gasteiger partial charge in [-0.3, -0.25) is 9.59 Å². The summed E-state index contributed by atoms with van der Waals surface area (Å²) in [6, 6.07) is 15.0. The van der Waals surface area contributed by atoms with Crippen LogP contribution in [0.3, 0.4) is 0 Å². The van der Waals surface area contributed by atoms with Crippen molar-refractivity contribution >= 4 is 11.9 Å². The smallest absolute Gasteiger partial charge is 0.303 e. The summed E-state index contributed by atoms with van der Waals surface area (Å²) in [7, 11) is 0. The molecule has 0 saturated carbocycles. The molecule has 1 saturated heterocycles. The Hall–Kier alpha value is -2.82. The number of hydrogen-bond acceptors (Lipinski definition) is 3. The lowest BCUT2D eigenvalue weighted by atomic mass is 9.93. The van der Waals surface area contributed by atoms with E-state index in [1.165, 1.54) is 0 Å². The van der Waals surface area contributed by atoms with Gasteiger partial charge in [0.05, 0.1) is 5.56 Å². The van der Waals surface area contributed by atoms with Crippen molar-refractivity contribution in [2.24, 2.45) is 5.92 Å². The molecule has 26 heavy (non-hydrogen) atoms. The van der Waals surface area contributed by atoms with Gasteiger partial charge in [0.2, 0.25) is 0 Å². The maximum absolute atomic E-state index is 12.9. The van der Waals surface area contributed by atoms with Crippen molar-refractivity contribution in [1.82, 2.24) is 4.90 Å². The van der Waals surface area contributed by atoms with Gasteiger partial charge in [-0.2, -0.15) is 0 Å². The lowest BCUT2D eigenvalue weighted by molar-refractivity contribution is -0.138. The van der Waals surface area contributed by atoms with Gasteiger partial charge in [0.1, 0.15) is 11.5 Å². The Morgan fingerprint density at radius 1 is 1.12 bits per heavy atom. The molecule has 0 bridgehead atoms. The molecular weight excluding hydrogens is 330 g/mol. The summed E-state index contributed by atoms with van der Waals surface area (Å²) in [6.07, 6.45) is 1.62. The number of likely N-dealkylation sites (tertiary alicyclic amines) is 1. The molecule has 1 amide bonds. The number of ether oxygens (including phenoxy) is 1. The number of rotatable bonds is 5. The van der Waals surface area contributed by atoms with Gasteiger partial charge in [0, 0.05) is 19.5 Å². The molecule has 5 heteroatoms. The second-order valence-corrected chi connectivity index (χ2v) is 6.75. The molecule has 1 fully saturated rings. The first-order valence-electron chi connectivity index (χ1n) is 8.87. The van der Waals surface area contributed by atoms with E-state index in [9.17, 15) is 9.59 Å². The van der Waals surface area contributed by atoms with Crippen LogP contribution in [0.2, 0.25) is 0 Å². The number of hydrogen-bond donors (Lipinski definition) is 1. The second kappa shape index (κ2) is 8.04. The van der Waals surface area contributed by atoms with Gasteiger partial charge >= 0.3 is 5.97 Å². The summed E-state index contributed by atoms with van der Waals surface area (Å²) in [5, 5.41) is 8.92. The number of aryl methyl sites for hydroxylation is 1. The summed E-state index contributed by atoms with van der Waals surface area (Å²) < 4.78 is 5.95. The van der Waals surface area contributed by atoms with Crippen LogP contribution >= 0.6 is 0 Å². The Labute approximate surface area is 153 Å². The third-order valence-corrected chi connectivity index (χ3v) is 4.70. The van der Waals surface area contributed by atoms with E-state index < -0.39 is 5.97 Å². The standard InChI is InChI=1S/C21H23NO4/c1-15-5-4-6-17(13-15)26-19-8-3-2-7-18(19)21(25)22-11-9-16(10-12-22)14-20(23)24/h2-8,13,16H,9-12,14H2,1H3,(H,23,24). The van der Waals surface area contributed by atoms with E-state index in [0.717, 1.165) is 18.4 Å². The van der Waals surface area contributed by atoms with E-state index in [1.807, 2.05) is 43.3 Å². The Kier molecular flexibility index (Phi) is 5.56. The fraction of sp³-hybridized carbons (Fsp3) is 0.333. The molecule has 0 unspecified atom stereocenters. The third-order valence-electron chi connectivity index (χ3n) is 4.70. The lowest BCUT2D eigenvalue weighted by Crippen LogP contribution is -2.39. The molecule has 1 aliphatic rings. The number of carbonyl (C=O) groups is 2. The topological polar surface area (TPSA) is 66.8 Å². The zero-order valence-electron chi connectivity index (χ0n) is 14.9. The molecule has 0 spiro atoms. The van der Waals surface area contributed by atoms with Crippen LogP contribution < -0.4 is 4.74 Å². The molecule has 0 aliphatic carbocycles. The van der Waals surface area contributed by atoms with Crippen molar-refractivity contribution in [3.63, 3.8) is 0 Å². The van der Waals surface area contributed by atoms with Crippen molar-refractivity contribution in [3.05, 3.63) is 59.7 Å². The van der Waals surface area contributed by atoms with E-state index >= 15 is 0 Å². The Bertz CT molecular complexity index is 794. The molecule has 5 nitrogen and oxygen atoms in total. The minimum Gasteiger partial charge on any atom is -0.481 e. The summed E-state index contributed by atoms with van der Waals surface area (Å²) >= 11 is 0. The largest absolute Gasteiger partial charge is 0.481 e. The number of carbonyl (C=O) groups excluding carboxylic acids is 1. The molecule has 1 heterocycles. The summed E-state index contributed by atoms with van der Waals surface area (Å²) in [6.45, 7) is 3.15. The Balaban J connectivity index is 1.71. The van der Waals surface area contributed by atoms with Crippen molar-refractivity contribution in [3.8, 4) is 11.5 Å². The number of amides is 1. The molecule has 1 N–H and O–H groups in total. The molecule has 0 atom stereocenters. The SMILES string of the molecule is Cc1cccc(Oc2ccccc2C(=O)N2CCC(CC(=O)O)CC2)c1. The molecule has 1 aliphatic heterocycles. The number of carboxylic acids is 1. The quantitative estimate of drug-likeness (QED) is 0.878. The van der Waals surface area contributed by atoms with Crippen LogP contribution in [0.4, 0.5) is 0 Å². The number of nitrogens with zero attached hydrogens (tertiary/aromatic N) is 1. The monoisotopic (exact) mass is 353 g/mol. The highest BCUT2D eigenvalue weighted by molar-refractivity contribution is 5.97. The van der Waals surface area contributed by atoms with Crippen LogP contribution in [0.25, 0.3) is 0 Å². The van der Waals surface area contributed by atoms with Crippen molar-refractivity contribution in [1.29, 1.82) is 0 Å². The molecule has 2 aromatic rings. The van der Waals surface area contributed by atoms with E-state index in [2.05, 4.69) is 0 Å². The highest BCUT2D eigenvalue weighted by Gasteiger charge is 2.26. The highest BCUT2D eigenvalue weighted by Crippen LogP contribution is 2.28. The third kappa shape index (κ3) is 4.42. The molecule has 0 radical (unpaired) electrons. The van der Waals surface area contributed by atoms with E-state index in [1.54, 1.807) is 17.0 Å². The van der Waals surface area contributed by atoms with Crippen LogP contribution in [0, 0.1) is 12.8 Å². The molecule has 2 aromatic carbocycles. The van der Waals surface area contributed by atoms with Crippen LogP contribution in [0.15, 0.2) is 48.5 Å². The van der Waals surface area contributed by atoms with E-state index in [-0.39, 0.29) is 18.2 Å². The molecule has 3 rings (SSSR count). The van der Waals surface area contributed by atoms with Crippen molar-refractivity contribution in [2.45, 2.75) is 26.2 Å². The molecular formula is C21H23NO4. The first-order valence-corrected chi connectivity index (χ1v) is 8.87. The average molecular weight is 353 g/mol. The predicted octanol–water partition coefficient (Wildman–Crippen LogP) is 4.11. The number of carboxylic acid groups (broad SMARTS) is 1. The lowest BCUT2D eigenvalue weighted by Gasteiger charge is -2.31. The van der Waals surface area contributed by atoms with Crippen LogP contribution in [-0.4, -0.2) is 35.0 Å². The number of benzene rings is 2. The Morgan fingerprint density at radius 3 is 2.54 bits per heavy atom. The highest BCUT2D eigenvalue weighted by atomic mass is 16.5. The van der Waals surface area contributed by atoms with Gasteiger partial charge in [-0.05, 0) is 55.5 Å². The summed E-state index contributed by atoms with van der Waals surface area (Å²) in [5.74, 6) is 0.546. The average Bonchev–Trinajstić information content (AvgIpc) is 2.62. The van der Waals surface area contributed by atoms with Crippen molar-refractivity contribution < 1.29 is 19.4 Å². The second-order valence-electron chi connectivity index (χ2n) is 6.75. The summed E-state index contributed by atoms with van der Waals surface area (Å²) in [4.78, 5) is 25.6. The first-order chi connectivity index (χ1) is 12.5. The first kappa shape index (κ1) is 18.0. The zero-order valence-corrected chi connectivity index (χ0v) is 14.9. The summed E-state index contributed by atoms with van der Waals surface area (Å²) in [5.41, 5.74) is 1.62. The maximum Gasteiger partial charge on any atom is 0.303 e. The van der Waals surface area contributed by atoms with Gasteiger partial charge < -0.3 is 14.7 Å². The fourth-order valence-electron chi connectivity index (χ4n) is 3.30. The zero-order chi connectivity index (χ0) is 18.5. The predicted molar refractivity (Wildman–Crippen MR) is 98.6 cm³/mol. The number of aliphatic carboxylic acids is 1. The van der Waals surface area contributed by atoms with Gasteiger partial charge in [-0.1, -0.05) is 24.3 Å². The fourth-order valence-corrected chi connectivity index (χ4v) is 3.30. The van der Waals surface area contributed by atoms with Crippen LogP contribution in [-0.2, 0) is 4.79 Å². The van der Waals surface area contributed by atoms with Gasteiger partial charge in [-0.25, -0.2) is 0 Å². The molecule has 136 valence electrons. The van der Waals surface area contributed by atoms with Gasteiger partial charge in [-0.15, -0.1) is 0 Å². The van der Waals surface area contributed by atoms with Crippen LogP contribution in [0.5, 0.6) is 11.5 Å². The van der Waals surface area contributed by atoms with E-state index in [4.69, 9.17) is 9.84 Å². The number of piperidine rings is 1. The normalized spacial score (nSPS) is 14.9. The maximum atomic E-state index is 12.9. The number of para-hydroxylation sites is 1. The molecule has 0 aromatic heterocycles. The van der Waals surface area contributed by atoms with Crippen molar-refractivity contribution in [2.75, 3.05) is 13.1 Å². The van der Waals surface area contributed by atoms with Crippen LogP contribution in [0.1, 0.15) is 35.2 Å². The van der Waals surface area contributed by atoms with E-state index in [0.29, 0.717) is 30.2 Å². The van der Waals surface area contributed by atoms with Gasteiger partial charge in [0.25, 0.3) is 5.91 Å². The Morgan fingerprint density at radius 2 is 1.85 bits per heavy atom. The minimum atomic E-state index is -0.772.